The Balaban J connectivity index is 1.53. The zero-order chi connectivity index (χ0) is 18.7. The summed E-state index contributed by atoms with van der Waals surface area (Å²) in [6.45, 7) is 3.15. The normalized spacial score (nSPS) is 22.7. The first kappa shape index (κ1) is 17.5. The van der Waals surface area contributed by atoms with Gasteiger partial charge in [0.1, 0.15) is 11.9 Å². The minimum absolute atomic E-state index is 0.0729. The van der Waals surface area contributed by atoms with Crippen LogP contribution < -0.4 is 4.90 Å². The van der Waals surface area contributed by atoms with Gasteiger partial charge in [-0.2, -0.15) is 5.26 Å². The highest BCUT2D eigenvalue weighted by molar-refractivity contribution is 5.77. The largest absolute Gasteiger partial charge is 0.355 e. The Labute approximate surface area is 159 Å². The monoisotopic (exact) mass is 361 g/mol. The van der Waals surface area contributed by atoms with Gasteiger partial charge in [0.05, 0.1) is 5.56 Å². The molecule has 6 nitrogen and oxygen atoms in total. The van der Waals surface area contributed by atoms with Crippen LogP contribution in [-0.4, -0.2) is 40.4 Å². The van der Waals surface area contributed by atoms with E-state index in [4.69, 9.17) is 0 Å². The van der Waals surface area contributed by atoms with Crippen molar-refractivity contribution in [1.82, 2.24) is 14.9 Å². The lowest BCUT2D eigenvalue weighted by molar-refractivity contribution is -0.138. The number of carbonyl (C=O) groups is 1. The first-order valence-electron chi connectivity index (χ1n) is 9.46. The van der Waals surface area contributed by atoms with Gasteiger partial charge in [-0.25, -0.2) is 4.98 Å². The fourth-order valence-corrected chi connectivity index (χ4v) is 4.41. The fourth-order valence-electron chi connectivity index (χ4n) is 4.41. The molecule has 1 unspecified atom stereocenters. The smallest absolute Gasteiger partial charge is 0.222 e. The molecule has 0 bridgehead atoms. The van der Waals surface area contributed by atoms with Gasteiger partial charge >= 0.3 is 0 Å². The van der Waals surface area contributed by atoms with Gasteiger partial charge in [-0.05, 0) is 49.1 Å². The lowest BCUT2D eigenvalue weighted by atomic mass is 9.73. The Kier molecular flexibility index (Phi) is 4.76. The van der Waals surface area contributed by atoms with Crippen molar-refractivity contribution in [3.05, 3.63) is 54.0 Å². The van der Waals surface area contributed by atoms with Gasteiger partial charge in [0, 0.05) is 56.6 Å². The average Bonchev–Trinajstić information content (AvgIpc) is 2.72. The number of nitrogens with zero attached hydrogens (tertiary/aromatic N) is 5. The minimum atomic E-state index is 0.0729. The van der Waals surface area contributed by atoms with Crippen LogP contribution in [0.5, 0.6) is 0 Å². The number of likely N-dealkylation sites (tertiary alicyclic amines) is 1. The Bertz CT molecular complexity index is 862. The second-order valence-corrected chi connectivity index (χ2v) is 7.62. The number of piperidine rings is 2. The van der Waals surface area contributed by atoms with E-state index in [2.05, 4.69) is 20.9 Å². The zero-order valence-corrected chi connectivity index (χ0v) is 15.3. The van der Waals surface area contributed by atoms with Crippen LogP contribution in [0.4, 0.5) is 5.82 Å². The molecule has 0 aliphatic carbocycles. The van der Waals surface area contributed by atoms with E-state index in [0.29, 0.717) is 18.5 Å². The lowest BCUT2D eigenvalue weighted by Crippen LogP contribution is -2.54. The van der Waals surface area contributed by atoms with Crippen LogP contribution in [0.15, 0.2) is 42.9 Å². The molecule has 0 aromatic carbocycles. The summed E-state index contributed by atoms with van der Waals surface area (Å²) >= 11 is 0. The van der Waals surface area contributed by atoms with Gasteiger partial charge in [-0.15, -0.1) is 0 Å². The summed E-state index contributed by atoms with van der Waals surface area (Å²) in [5.74, 6) is 1.00. The summed E-state index contributed by atoms with van der Waals surface area (Å²) < 4.78 is 0. The number of aromatic nitrogens is 2. The van der Waals surface area contributed by atoms with Gasteiger partial charge in [0.2, 0.25) is 5.91 Å². The molecule has 2 aromatic heterocycles. The summed E-state index contributed by atoms with van der Waals surface area (Å²) in [4.78, 5) is 25.3. The van der Waals surface area contributed by atoms with E-state index < -0.39 is 0 Å². The number of hydrogen-bond acceptors (Lipinski definition) is 5. The predicted octanol–water partition coefficient (Wildman–Crippen LogP) is 2.76. The molecule has 2 aliphatic heterocycles. The Morgan fingerprint density at radius 3 is 2.81 bits per heavy atom. The number of anilines is 1. The van der Waals surface area contributed by atoms with Crippen molar-refractivity contribution in [1.29, 1.82) is 5.26 Å². The molecule has 1 amide bonds. The average molecular weight is 361 g/mol. The van der Waals surface area contributed by atoms with Gasteiger partial charge in [-0.3, -0.25) is 9.78 Å². The van der Waals surface area contributed by atoms with Crippen LogP contribution in [0.2, 0.25) is 0 Å². The molecular weight excluding hydrogens is 338 g/mol. The molecule has 2 aliphatic rings. The van der Waals surface area contributed by atoms with Gasteiger partial charge < -0.3 is 9.80 Å². The molecule has 0 radical (unpaired) electrons. The van der Waals surface area contributed by atoms with E-state index in [9.17, 15) is 10.1 Å². The van der Waals surface area contributed by atoms with Crippen LogP contribution in [0, 0.1) is 16.7 Å². The van der Waals surface area contributed by atoms with Crippen molar-refractivity contribution in [3.63, 3.8) is 0 Å². The molecular formula is C21H23N5O. The van der Waals surface area contributed by atoms with Gasteiger partial charge in [0.15, 0.2) is 0 Å². The predicted molar refractivity (Wildman–Crippen MR) is 102 cm³/mol. The van der Waals surface area contributed by atoms with E-state index in [1.165, 1.54) is 0 Å². The highest BCUT2D eigenvalue weighted by Crippen LogP contribution is 2.40. The molecule has 1 spiro atoms. The van der Waals surface area contributed by atoms with E-state index in [0.717, 1.165) is 50.3 Å². The molecule has 138 valence electrons. The number of rotatable bonds is 3. The summed E-state index contributed by atoms with van der Waals surface area (Å²) in [5, 5.41) is 9.42. The molecule has 2 aromatic rings. The molecule has 2 saturated heterocycles. The number of nitriles is 1. The first-order valence-corrected chi connectivity index (χ1v) is 9.46. The van der Waals surface area contributed by atoms with Crippen molar-refractivity contribution in [3.8, 4) is 6.07 Å². The Morgan fingerprint density at radius 2 is 2.00 bits per heavy atom. The van der Waals surface area contributed by atoms with Crippen molar-refractivity contribution < 1.29 is 4.79 Å². The second kappa shape index (κ2) is 7.36. The van der Waals surface area contributed by atoms with E-state index in [1.807, 2.05) is 23.1 Å². The number of hydrogen-bond donors (Lipinski definition) is 0. The molecule has 4 rings (SSSR count). The fraction of sp³-hybridized carbons (Fsp3) is 0.429. The highest BCUT2D eigenvalue weighted by atomic mass is 16.2. The third-order valence-corrected chi connectivity index (χ3v) is 5.74. The molecule has 6 heteroatoms. The molecule has 1 atom stereocenters. The molecule has 2 fully saturated rings. The SMILES string of the molecule is N#Cc1cccnc1N1CCCC2(CCC(=O)N(Cc3ccncc3)C2)C1. The van der Waals surface area contributed by atoms with Crippen LogP contribution in [0.1, 0.15) is 36.8 Å². The van der Waals surface area contributed by atoms with Crippen molar-refractivity contribution in [2.45, 2.75) is 32.2 Å². The Morgan fingerprint density at radius 1 is 1.15 bits per heavy atom. The summed E-state index contributed by atoms with van der Waals surface area (Å²) in [5.41, 5.74) is 1.80. The van der Waals surface area contributed by atoms with Crippen LogP contribution in [-0.2, 0) is 11.3 Å². The number of carbonyl (C=O) groups excluding carboxylic acids is 1. The van der Waals surface area contributed by atoms with E-state index >= 15 is 0 Å². The molecule has 4 heterocycles. The van der Waals surface area contributed by atoms with Crippen molar-refractivity contribution >= 4 is 11.7 Å². The third-order valence-electron chi connectivity index (χ3n) is 5.74. The zero-order valence-electron chi connectivity index (χ0n) is 15.3. The van der Waals surface area contributed by atoms with Crippen molar-refractivity contribution in [2.24, 2.45) is 5.41 Å². The van der Waals surface area contributed by atoms with Crippen LogP contribution in [0.3, 0.4) is 0 Å². The summed E-state index contributed by atoms with van der Waals surface area (Å²) in [6, 6.07) is 9.82. The van der Waals surface area contributed by atoms with Crippen molar-refractivity contribution in [2.75, 3.05) is 24.5 Å². The first-order chi connectivity index (χ1) is 13.2. The highest BCUT2D eigenvalue weighted by Gasteiger charge is 2.42. The second-order valence-electron chi connectivity index (χ2n) is 7.62. The maximum atomic E-state index is 12.5. The topological polar surface area (TPSA) is 73.1 Å². The van der Waals surface area contributed by atoms with Gasteiger partial charge in [-0.1, -0.05) is 0 Å². The van der Waals surface area contributed by atoms with E-state index in [-0.39, 0.29) is 11.3 Å². The number of pyridine rings is 2. The molecule has 27 heavy (non-hydrogen) atoms. The maximum absolute atomic E-state index is 12.5. The van der Waals surface area contributed by atoms with Gasteiger partial charge in [0.25, 0.3) is 0 Å². The van der Waals surface area contributed by atoms with Crippen LogP contribution >= 0.6 is 0 Å². The molecule has 0 N–H and O–H groups in total. The standard InChI is InChI=1S/C21H23N5O/c22-13-18-3-1-9-24-20(18)25-12-2-7-21(15-25)8-4-19(27)26(16-21)14-17-5-10-23-11-6-17/h1,3,5-6,9-11H,2,4,7-8,12,14-16H2. The maximum Gasteiger partial charge on any atom is 0.222 e. The quantitative estimate of drug-likeness (QED) is 0.840. The molecule has 0 saturated carbocycles. The van der Waals surface area contributed by atoms with Crippen LogP contribution in [0.25, 0.3) is 0 Å². The summed E-state index contributed by atoms with van der Waals surface area (Å²) in [7, 11) is 0. The van der Waals surface area contributed by atoms with E-state index in [1.54, 1.807) is 24.7 Å². The number of amides is 1. The third kappa shape index (κ3) is 3.63. The lowest BCUT2D eigenvalue weighted by Gasteiger charge is -2.48. The minimum Gasteiger partial charge on any atom is -0.355 e. The Hall–Kier alpha value is -2.94. The summed E-state index contributed by atoms with van der Waals surface area (Å²) in [6.07, 6.45) is 8.95.